The van der Waals surface area contributed by atoms with E-state index in [4.69, 9.17) is 45.7 Å². The van der Waals surface area contributed by atoms with E-state index >= 15 is 4.39 Å². The zero-order chi connectivity index (χ0) is 53.8. The molecule has 4 heterocycles. The van der Waals surface area contributed by atoms with Crippen LogP contribution in [-0.4, -0.2) is 144 Å². The number of aliphatic imine (C=N–C) groups is 1. The summed E-state index contributed by atoms with van der Waals surface area (Å²) in [6.07, 6.45) is -4.48. The van der Waals surface area contributed by atoms with Crippen molar-refractivity contribution in [1.82, 2.24) is 34.2 Å². The van der Waals surface area contributed by atoms with Gasteiger partial charge in [0.1, 0.15) is 48.4 Å². The van der Waals surface area contributed by atoms with E-state index in [1.807, 2.05) is 0 Å². The second kappa shape index (κ2) is 25.7. The summed E-state index contributed by atoms with van der Waals surface area (Å²) >= 11 is 5.66. The lowest BCUT2D eigenvalue weighted by Crippen LogP contribution is -2.43. The molecule has 396 valence electrons. The van der Waals surface area contributed by atoms with Crippen molar-refractivity contribution < 1.29 is 66.4 Å². The van der Waals surface area contributed by atoms with E-state index in [9.17, 15) is 42.9 Å². The first-order chi connectivity index (χ1) is 33.6. The lowest BCUT2D eigenvalue weighted by molar-refractivity contribution is -0.123. The molecule has 2 aromatic heterocycles. The Labute approximate surface area is 417 Å². The van der Waals surface area contributed by atoms with Crippen molar-refractivity contribution in [3.8, 4) is 5.75 Å². The van der Waals surface area contributed by atoms with Crippen molar-refractivity contribution >= 4 is 55.2 Å². The Hall–Kier alpha value is -5.14. The average Bonchev–Trinajstić information content (AvgIpc) is 3.68. The van der Waals surface area contributed by atoms with Crippen molar-refractivity contribution in [2.24, 2.45) is 4.99 Å². The molecule has 0 saturated carbocycles. The monoisotopic (exact) mass is 1070 g/mol. The second-order valence-electron chi connectivity index (χ2n) is 17.1. The lowest BCUT2D eigenvalue weighted by atomic mass is 9.98. The molecule has 2 aliphatic heterocycles. The van der Waals surface area contributed by atoms with Crippen LogP contribution in [0.2, 0.25) is 0 Å². The largest absolute Gasteiger partial charge is 0.422 e. The summed E-state index contributed by atoms with van der Waals surface area (Å²) in [5, 5.41) is 43.2. The highest BCUT2D eigenvalue weighted by molar-refractivity contribution is 7.84. The molecule has 2 fully saturated rings. The summed E-state index contributed by atoms with van der Waals surface area (Å²) in [6.45, 7) is 1.27. The maximum Gasteiger partial charge on any atom is 0.409 e. The standard InChI is InChI=1S/C21H28FN4O6P.C13H19FN4O4.C10H13ClNO4P/c1-13(14(2)27)25-33(30,12-15-7-5-4-6-8-15)31-11-16-18(28)21(3,22)19(32-16)26-10-9-17(23)24-20(26)29;1-13(14)10(20)8(6-19)22-11(13)18-5-4-9(16-12(18)21)15-7-17(2)3;1-8(10(14)7-13)12-17(11,15)16-9-5-3-2-4-6-9/h4-10,13,16,18-19,28H,11-12H2,1-3H3,(H,25,30)(H2,23,24,29);4-5,7-8,10-11,19-20H,6H2,1-3H3;2-6,8,13H,7H2,1H3,(H,12,15)/t13-,16+,18+,19+,21+,33?;8-,10-,11-,13-;8-,17?/m010/s1. The molecule has 8 N–H and O–H groups in total. The molecule has 0 bridgehead atoms. The van der Waals surface area contributed by atoms with Crippen LogP contribution in [0.1, 0.15) is 52.6 Å². The van der Waals surface area contributed by atoms with E-state index in [-0.39, 0.29) is 23.6 Å². The predicted molar refractivity (Wildman–Crippen MR) is 261 cm³/mol. The molecule has 0 spiro atoms. The third-order valence-corrected chi connectivity index (χ3v) is 14.6. The Morgan fingerprint density at radius 3 is 1.92 bits per heavy atom. The number of halogens is 3. The topological polar surface area (TPSA) is 322 Å². The molecule has 2 aromatic carbocycles. The van der Waals surface area contributed by atoms with E-state index in [1.165, 1.54) is 44.7 Å². The summed E-state index contributed by atoms with van der Waals surface area (Å²) in [4.78, 5) is 59.9. The molecule has 23 nitrogen and oxygen atoms in total. The van der Waals surface area contributed by atoms with Crippen molar-refractivity contribution in [2.75, 3.05) is 39.6 Å². The predicted octanol–water partition coefficient (Wildman–Crippen LogP) is 3.18. The zero-order valence-electron chi connectivity index (χ0n) is 40.3. The van der Waals surface area contributed by atoms with Crippen LogP contribution in [0.4, 0.5) is 20.4 Å². The van der Waals surface area contributed by atoms with Crippen LogP contribution in [0.15, 0.2) is 99.8 Å². The minimum Gasteiger partial charge on any atom is -0.422 e. The van der Waals surface area contributed by atoms with E-state index in [0.29, 0.717) is 11.3 Å². The Bertz CT molecular complexity index is 2690. The highest BCUT2D eigenvalue weighted by Crippen LogP contribution is 2.50. The first-order valence-electron chi connectivity index (χ1n) is 22.0. The Kier molecular flexibility index (Phi) is 21.2. The van der Waals surface area contributed by atoms with Crippen molar-refractivity contribution in [1.29, 1.82) is 0 Å². The highest BCUT2D eigenvalue weighted by Gasteiger charge is 2.56. The summed E-state index contributed by atoms with van der Waals surface area (Å²) in [5.41, 5.74) is -0.0278. The molecule has 0 radical (unpaired) electrons. The summed E-state index contributed by atoms with van der Waals surface area (Å²) in [6, 6.07) is 18.4. The first-order valence-corrected chi connectivity index (χ1v) is 26.3. The highest BCUT2D eigenvalue weighted by atomic mass is 35.7. The summed E-state index contributed by atoms with van der Waals surface area (Å²) < 4.78 is 78.8. The molecule has 28 heteroatoms. The number of nitrogen functional groups attached to an aromatic ring is 1. The number of carbonyl (C=O) groups excluding carboxylic acids is 2. The lowest BCUT2D eigenvalue weighted by Gasteiger charge is -2.25. The summed E-state index contributed by atoms with van der Waals surface area (Å²) in [5.74, 6) is -0.282. The quantitative estimate of drug-likeness (QED) is 0.0403. The van der Waals surface area contributed by atoms with Gasteiger partial charge in [0.25, 0.3) is 7.52 Å². The molecule has 0 aliphatic carbocycles. The number of hydrogen-bond donors (Lipinski definition) is 7. The number of nitrogens with zero attached hydrogens (tertiary/aromatic N) is 6. The third kappa shape index (κ3) is 16.2. The number of ketones is 2. The minimum atomic E-state index is -3.66. The van der Waals surface area contributed by atoms with Crippen LogP contribution >= 0.6 is 25.6 Å². The van der Waals surface area contributed by atoms with Crippen LogP contribution < -0.4 is 31.8 Å². The minimum absolute atomic E-state index is 0.0358. The number of para-hydroxylation sites is 1. The molecule has 72 heavy (non-hydrogen) atoms. The van der Waals surface area contributed by atoms with Crippen molar-refractivity contribution in [2.45, 2.75) is 101 Å². The van der Waals surface area contributed by atoms with Gasteiger partial charge in [0.15, 0.2) is 35.4 Å². The molecular formula is C44H60ClF2N9O14P2. The van der Waals surface area contributed by atoms with E-state index in [2.05, 4.69) is 25.1 Å². The molecule has 0 amide bonds. The molecule has 6 rings (SSSR count). The van der Waals surface area contributed by atoms with Gasteiger partial charge in [-0.05, 0) is 64.4 Å². The van der Waals surface area contributed by atoms with Gasteiger partial charge in [-0.1, -0.05) is 48.5 Å². The number of aromatic nitrogens is 4. The smallest absolute Gasteiger partial charge is 0.409 e. The van der Waals surface area contributed by atoms with Gasteiger partial charge in [-0.3, -0.25) is 23.3 Å². The SMILES string of the molecule is CC(=O)[C@H](C)NP(=O)(Cc1ccccc1)OC[C@H]1O[C@@H](n2ccc(N)nc2=O)[C@](C)(F)[C@@H]1O.CN(C)C=Nc1ccn([C@@H]2O[C@H](CO)[C@@H](O)[C@@]2(C)F)c(=O)n1.C[C@H](NP(=O)(Cl)Oc1ccccc1)C(=O)CO. The molecular weight excluding hydrogens is 1010 g/mol. The van der Waals surface area contributed by atoms with Crippen LogP contribution in [0.25, 0.3) is 0 Å². The Balaban J connectivity index is 0.000000250. The van der Waals surface area contributed by atoms with Gasteiger partial charge in [-0.15, -0.1) is 0 Å². The number of aliphatic hydroxyl groups is 4. The van der Waals surface area contributed by atoms with Gasteiger partial charge in [-0.25, -0.2) is 38.1 Å². The number of benzene rings is 2. The fourth-order valence-electron chi connectivity index (χ4n) is 6.76. The number of rotatable bonds is 19. The number of carbonyl (C=O) groups is 2. The Morgan fingerprint density at radius 1 is 0.889 bits per heavy atom. The van der Waals surface area contributed by atoms with E-state index in [0.717, 1.165) is 23.0 Å². The van der Waals surface area contributed by atoms with Gasteiger partial charge < -0.3 is 49.6 Å². The normalized spacial score (nSPS) is 26.2. The van der Waals surface area contributed by atoms with Crippen LogP contribution in [0, 0.1) is 0 Å². The van der Waals surface area contributed by atoms with Crippen LogP contribution in [-0.2, 0) is 38.9 Å². The molecule has 4 aromatic rings. The number of anilines is 1. The maximum absolute atomic E-state index is 15.4. The molecule has 2 unspecified atom stereocenters. The fourth-order valence-corrected chi connectivity index (χ4v) is 10.6. The van der Waals surface area contributed by atoms with Crippen molar-refractivity contribution in [3.05, 3.63) is 112 Å². The molecule has 12 atom stereocenters. The van der Waals surface area contributed by atoms with Gasteiger partial charge in [0.2, 0.25) is 0 Å². The molecule has 2 saturated heterocycles. The number of hydrogen-bond acceptors (Lipinski definition) is 18. The molecule has 2 aliphatic rings. The second-order valence-corrected chi connectivity index (χ2v) is 22.0. The zero-order valence-corrected chi connectivity index (χ0v) is 42.8. The van der Waals surface area contributed by atoms with E-state index < -0.39 is 112 Å². The van der Waals surface area contributed by atoms with Gasteiger partial charge in [0.05, 0.1) is 37.8 Å². The number of alkyl halides is 2. The number of aliphatic hydroxyl groups excluding tert-OH is 4. The first kappa shape index (κ1) is 59.4. The number of nitrogens with two attached hydrogens (primary N) is 1. The van der Waals surface area contributed by atoms with E-state index in [1.54, 1.807) is 86.6 Å². The number of nitrogens with one attached hydrogen (secondary N) is 2. The maximum atomic E-state index is 15.4. The van der Waals surface area contributed by atoms with Crippen molar-refractivity contribution in [3.63, 3.8) is 0 Å². The van der Waals surface area contributed by atoms with Gasteiger partial charge >= 0.3 is 18.3 Å². The van der Waals surface area contributed by atoms with Crippen LogP contribution in [0.5, 0.6) is 5.75 Å². The summed E-state index contributed by atoms with van der Waals surface area (Å²) in [7, 11) is -0.130. The number of Topliss-reactive ketones (excluding diaryl/α,β-unsaturated/α-hetero) is 2. The average molecular weight is 1070 g/mol. The Morgan fingerprint density at radius 2 is 1.42 bits per heavy atom. The fraction of sp³-hybridized carbons (Fsp3) is 0.477. The number of ether oxygens (including phenoxy) is 2. The van der Waals surface area contributed by atoms with Crippen LogP contribution in [0.3, 0.4) is 0 Å². The van der Waals surface area contributed by atoms with Gasteiger partial charge in [-0.2, -0.15) is 9.97 Å². The van der Waals surface area contributed by atoms with Gasteiger partial charge in [0, 0.05) is 37.7 Å². The third-order valence-electron chi connectivity index (χ3n) is 10.8.